The number of anilines is 2. The van der Waals surface area contributed by atoms with E-state index in [-0.39, 0.29) is 11.0 Å². The van der Waals surface area contributed by atoms with Crippen molar-refractivity contribution in [3.05, 3.63) is 111 Å². The lowest BCUT2D eigenvalue weighted by Gasteiger charge is -2.36. The topological polar surface area (TPSA) is 77.8 Å². The van der Waals surface area contributed by atoms with Crippen LogP contribution in [0.2, 0.25) is 15.1 Å². The Morgan fingerprint density at radius 3 is 2.33 bits per heavy atom. The van der Waals surface area contributed by atoms with Gasteiger partial charge in [-0.1, -0.05) is 53.0 Å². The lowest BCUT2D eigenvalue weighted by atomic mass is 10.1. The number of benzene rings is 3. The third-order valence-electron chi connectivity index (χ3n) is 6.59. The molecule has 0 radical (unpaired) electrons. The van der Waals surface area contributed by atoms with Gasteiger partial charge in [-0.3, -0.25) is 14.9 Å². The lowest BCUT2D eigenvalue weighted by Crippen LogP contribution is -2.48. The molecule has 1 fully saturated rings. The van der Waals surface area contributed by atoms with Gasteiger partial charge < -0.3 is 19.5 Å². The zero-order chi connectivity index (χ0) is 29.6. The standard InChI is InChI=1S/C31H25Cl3N4O3S/c32-21-6-10-24(25(33)18-21)28-12-8-23(41-28)9-13-29(39)36-31(42)35-22-7-11-27(26(34)19-22)37-14-16-38(17-15-37)30(40)20-4-2-1-3-5-20/h1-13,18-19H,14-17H2,(H2,35,36,39,42)/b13-9+. The first-order chi connectivity index (χ1) is 20.3. The number of thiocarbonyl (C=S) groups is 1. The maximum atomic E-state index is 12.7. The molecule has 7 nitrogen and oxygen atoms in total. The number of amides is 2. The van der Waals surface area contributed by atoms with Crippen molar-refractivity contribution in [3.8, 4) is 11.3 Å². The fraction of sp³-hybridized carbons (Fsp3) is 0.129. The van der Waals surface area contributed by atoms with Gasteiger partial charge in [-0.05, 0) is 79.0 Å². The maximum absolute atomic E-state index is 12.7. The van der Waals surface area contributed by atoms with Crippen LogP contribution >= 0.6 is 47.0 Å². The highest BCUT2D eigenvalue weighted by molar-refractivity contribution is 7.80. The van der Waals surface area contributed by atoms with E-state index in [9.17, 15) is 9.59 Å². The van der Waals surface area contributed by atoms with E-state index >= 15 is 0 Å². The molecule has 0 spiro atoms. The Bertz CT molecular complexity index is 1650. The largest absolute Gasteiger partial charge is 0.457 e. The molecular formula is C31H25Cl3N4O3S. The summed E-state index contributed by atoms with van der Waals surface area (Å²) in [4.78, 5) is 29.1. The van der Waals surface area contributed by atoms with Crippen molar-refractivity contribution in [2.75, 3.05) is 36.4 Å². The molecule has 42 heavy (non-hydrogen) atoms. The molecule has 1 saturated heterocycles. The third kappa shape index (κ3) is 7.33. The minimum Gasteiger partial charge on any atom is -0.457 e. The number of carbonyl (C=O) groups is 2. The molecule has 1 aliphatic rings. The lowest BCUT2D eigenvalue weighted by molar-refractivity contribution is -0.115. The second-order valence-electron chi connectivity index (χ2n) is 9.41. The van der Waals surface area contributed by atoms with Gasteiger partial charge in [0.25, 0.3) is 5.91 Å². The second kappa shape index (κ2) is 13.4. The highest BCUT2D eigenvalue weighted by Gasteiger charge is 2.23. The molecule has 214 valence electrons. The van der Waals surface area contributed by atoms with Crippen LogP contribution in [0.25, 0.3) is 17.4 Å². The van der Waals surface area contributed by atoms with Gasteiger partial charge in [0.15, 0.2) is 5.11 Å². The van der Waals surface area contributed by atoms with E-state index in [1.807, 2.05) is 47.4 Å². The molecule has 0 unspecified atom stereocenters. The average Bonchev–Trinajstić information content (AvgIpc) is 3.45. The summed E-state index contributed by atoms with van der Waals surface area (Å²) in [5, 5.41) is 7.23. The number of furan rings is 1. The van der Waals surface area contributed by atoms with Gasteiger partial charge in [0, 0.05) is 54.1 Å². The minimum absolute atomic E-state index is 0.0306. The Hall–Kier alpha value is -3.82. The summed E-state index contributed by atoms with van der Waals surface area (Å²) in [6.45, 7) is 2.52. The minimum atomic E-state index is -0.430. The van der Waals surface area contributed by atoms with Crippen molar-refractivity contribution < 1.29 is 14.0 Å². The van der Waals surface area contributed by atoms with Crippen LogP contribution in [0.4, 0.5) is 11.4 Å². The highest BCUT2D eigenvalue weighted by Crippen LogP contribution is 2.32. The molecule has 11 heteroatoms. The summed E-state index contributed by atoms with van der Waals surface area (Å²) >= 11 is 24.1. The Labute approximate surface area is 263 Å². The van der Waals surface area contributed by atoms with E-state index in [1.54, 1.807) is 36.4 Å². The fourth-order valence-electron chi connectivity index (χ4n) is 4.51. The van der Waals surface area contributed by atoms with Crippen molar-refractivity contribution >= 4 is 81.4 Å². The Morgan fingerprint density at radius 2 is 1.62 bits per heavy atom. The van der Waals surface area contributed by atoms with Crippen LogP contribution in [0.1, 0.15) is 16.1 Å². The zero-order valence-electron chi connectivity index (χ0n) is 22.1. The van der Waals surface area contributed by atoms with Crippen molar-refractivity contribution in [3.63, 3.8) is 0 Å². The van der Waals surface area contributed by atoms with E-state index in [1.165, 1.54) is 12.2 Å². The van der Waals surface area contributed by atoms with Crippen molar-refractivity contribution in [1.29, 1.82) is 0 Å². The molecule has 0 saturated carbocycles. The van der Waals surface area contributed by atoms with Crippen LogP contribution in [0.5, 0.6) is 0 Å². The van der Waals surface area contributed by atoms with Crippen LogP contribution in [-0.2, 0) is 4.79 Å². The van der Waals surface area contributed by atoms with Crippen LogP contribution in [0.3, 0.4) is 0 Å². The number of nitrogens with zero attached hydrogens (tertiary/aromatic N) is 2. The monoisotopic (exact) mass is 638 g/mol. The normalized spacial score (nSPS) is 13.3. The van der Waals surface area contributed by atoms with Gasteiger partial charge in [-0.2, -0.15) is 0 Å². The van der Waals surface area contributed by atoms with Gasteiger partial charge in [0.1, 0.15) is 11.5 Å². The molecule has 0 bridgehead atoms. The van der Waals surface area contributed by atoms with Gasteiger partial charge >= 0.3 is 0 Å². The molecule has 5 rings (SSSR count). The number of halogens is 3. The first-order valence-electron chi connectivity index (χ1n) is 13.0. The van der Waals surface area contributed by atoms with E-state index in [0.717, 1.165) is 5.69 Å². The Kier molecular flexibility index (Phi) is 9.49. The van der Waals surface area contributed by atoms with E-state index in [2.05, 4.69) is 15.5 Å². The van der Waals surface area contributed by atoms with E-state index in [0.29, 0.717) is 69.6 Å². The predicted octanol–water partition coefficient (Wildman–Crippen LogP) is 7.40. The molecule has 3 aromatic carbocycles. The smallest absolute Gasteiger partial charge is 0.253 e. The highest BCUT2D eigenvalue weighted by atomic mass is 35.5. The Morgan fingerprint density at radius 1 is 0.857 bits per heavy atom. The fourth-order valence-corrected chi connectivity index (χ4v) is 5.53. The van der Waals surface area contributed by atoms with Gasteiger partial charge in [0.05, 0.1) is 15.7 Å². The summed E-state index contributed by atoms with van der Waals surface area (Å²) in [6, 6.07) is 23.4. The molecular weight excluding hydrogens is 615 g/mol. The molecule has 4 aromatic rings. The maximum Gasteiger partial charge on any atom is 0.253 e. The summed E-state index contributed by atoms with van der Waals surface area (Å²) < 4.78 is 5.77. The van der Waals surface area contributed by atoms with Crippen molar-refractivity contribution in [1.82, 2.24) is 10.2 Å². The quantitative estimate of drug-likeness (QED) is 0.169. The molecule has 2 N–H and O–H groups in total. The predicted molar refractivity (Wildman–Crippen MR) is 174 cm³/mol. The average molecular weight is 640 g/mol. The number of nitrogens with one attached hydrogen (secondary N) is 2. The van der Waals surface area contributed by atoms with Gasteiger partial charge in [0.2, 0.25) is 5.91 Å². The number of piperazine rings is 1. The molecule has 1 aromatic heterocycles. The zero-order valence-corrected chi connectivity index (χ0v) is 25.2. The van der Waals surface area contributed by atoms with Crippen LogP contribution < -0.4 is 15.5 Å². The van der Waals surface area contributed by atoms with Crippen molar-refractivity contribution in [2.45, 2.75) is 0 Å². The van der Waals surface area contributed by atoms with Crippen LogP contribution in [0.15, 0.2) is 89.4 Å². The summed E-state index contributed by atoms with van der Waals surface area (Å²) in [7, 11) is 0. The summed E-state index contributed by atoms with van der Waals surface area (Å²) in [6.07, 6.45) is 2.85. The SMILES string of the molecule is O=C(/C=C/c1ccc(-c2ccc(Cl)cc2Cl)o1)NC(=S)Nc1ccc(N2CCN(C(=O)c3ccccc3)CC2)c(Cl)c1. The van der Waals surface area contributed by atoms with Crippen LogP contribution in [-0.4, -0.2) is 48.0 Å². The van der Waals surface area contributed by atoms with Gasteiger partial charge in [-0.25, -0.2) is 0 Å². The molecule has 2 amide bonds. The number of carbonyl (C=O) groups excluding carboxylic acids is 2. The first kappa shape index (κ1) is 29.7. The number of hydrogen-bond donors (Lipinski definition) is 2. The summed E-state index contributed by atoms with van der Waals surface area (Å²) in [5.74, 6) is 0.623. The number of hydrogen-bond acceptors (Lipinski definition) is 5. The van der Waals surface area contributed by atoms with Gasteiger partial charge in [-0.15, -0.1) is 0 Å². The van der Waals surface area contributed by atoms with Crippen LogP contribution in [0, 0.1) is 0 Å². The molecule has 1 aliphatic heterocycles. The van der Waals surface area contributed by atoms with E-state index in [4.69, 9.17) is 51.4 Å². The third-order valence-corrected chi connectivity index (χ3v) is 7.65. The van der Waals surface area contributed by atoms with Crippen molar-refractivity contribution in [2.24, 2.45) is 0 Å². The van der Waals surface area contributed by atoms with E-state index < -0.39 is 5.91 Å². The molecule has 0 aliphatic carbocycles. The second-order valence-corrected chi connectivity index (χ2v) is 11.1. The Balaban J connectivity index is 1.12. The summed E-state index contributed by atoms with van der Waals surface area (Å²) in [5.41, 5.74) is 2.88. The molecule has 2 heterocycles. The first-order valence-corrected chi connectivity index (χ1v) is 14.5. The number of rotatable bonds is 6. The molecule has 0 atom stereocenters.